The first-order valence-electron chi connectivity index (χ1n) is 8.71. The fourth-order valence-electron chi connectivity index (χ4n) is 3.05. The predicted molar refractivity (Wildman–Crippen MR) is 96.2 cm³/mol. The van der Waals surface area contributed by atoms with Crippen molar-refractivity contribution in [3.8, 4) is 0 Å². The first-order valence-corrected chi connectivity index (χ1v) is 8.71. The van der Waals surface area contributed by atoms with Crippen LogP contribution in [-0.4, -0.2) is 33.6 Å². The van der Waals surface area contributed by atoms with E-state index in [4.69, 9.17) is 10.5 Å². The molecular formula is C18H20N4O5. The second-order valence-corrected chi connectivity index (χ2v) is 6.43. The summed E-state index contributed by atoms with van der Waals surface area (Å²) in [6, 6.07) is 3.44. The van der Waals surface area contributed by atoms with Gasteiger partial charge in [-0.2, -0.15) is 0 Å². The third-order valence-corrected chi connectivity index (χ3v) is 4.45. The first kappa shape index (κ1) is 18.6. The van der Waals surface area contributed by atoms with Gasteiger partial charge in [0.15, 0.2) is 6.10 Å². The molecule has 1 aliphatic heterocycles. The number of carbonyl (C=O) groups is 3. The van der Waals surface area contributed by atoms with Crippen LogP contribution in [0.5, 0.6) is 0 Å². The number of ether oxygens (including phenoxy) is 1. The molecule has 1 atom stereocenters. The lowest BCUT2D eigenvalue weighted by atomic mass is 10.1. The van der Waals surface area contributed by atoms with Gasteiger partial charge in [-0.25, -0.2) is 14.6 Å². The van der Waals surface area contributed by atoms with Crippen molar-refractivity contribution in [2.45, 2.75) is 45.3 Å². The van der Waals surface area contributed by atoms with Crippen molar-refractivity contribution in [3.63, 3.8) is 0 Å². The van der Waals surface area contributed by atoms with Gasteiger partial charge in [-0.15, -0.1) is 0 Å². The Kier molecular flexibility index (Phi) is 5.20. The van der Waals surface area contributed by atoms with Crippen molar-refractivity contribution in [3.05, 3.63) is 39.9 Å². The molecule has 9 heteroatoms. The van der Waals surface area contributed by atoms with E-state index in [-0.39, 0.29) is 11.1 Å². The van der Waals surface area contributed by atoms with E-state index < -0.39 is 24.0 Å². The van der Waals surface area contributed by atoms with E-state index in [1.807, 2.05) is 5.32 Å². The second-order valence-electron chi connectivity index (χ2n) is 6.43. The van der Waals surface area contributed by atoms with Crippen LogP contribution in [0.15, 0.2) is 23.0 Å². The van der Waals surface area contributed by atoms with Gasteiger partial charge in [0.2, 0.25) is 0 Å². The van der Waals surface area contributed by atoms with Crippen LogP contribution in [0.4, 0.5) is 4.79 Å². The molecule has 0 bridgehead atoms. The van der Waals surface area contributed by atoms with Crippen molar-refractivity contribution in [1.82, 2.24) is 14.9 Å². The van der Waals surface area contributed by atoms with Crippen LogP contribution < -0.4 is 16.6 Å². The van der Waals surface area contributed by atoms with Crippen LogP contribution in [0.1, 0.15) is 42.4 Å². The molecule has 1 aromatic heterocycles. The van der Waals surface area contributed by atoms with Crippen LogP contribution in [0.25, 0.3) is 10.9 Å². The third kappa shape index (κ3) is 3.97. The normalized spacial score (nSPS) is 14.7. The number of nitrogens with zero attached hydrogens (tertiary/aromatic N) is 2. The molecule has 0 saturated heterocycles. The number of nitrogens with one attached hydrogen (secondary N) is 1. The zero-order valence-electron chi connectivity index (χ0n) is 14.9. The summed E-state index contributed by atoms with van der Waals surface area (Å²) < 4.78 is 6.74. The molecular weight excluding hydrogens is 352 g/mol. The van der Waals surface area contributed by atoms with Crippen LogP contribution in [0.2, 0.25) is 0 Å². The highest BCUT2D eigenvalue weighted by molar-refractivity contribution is 5.99. The molecule has 1 unspecified atom stereocenters. The van der Waals surface area contributed by atoms with Gasteiger partial charge < -0.3 is 10.5 Å². The quantitative estimate of drug-likeness (QED) is 0.768. The highest BCUT2D eigenvalue weighted by Gasteiger charge is 2.21. The lowest BCUT2D eigenvalue weighted by Crippen LogP contribution is -2.42. The van der Waals surface area contributed by atoms with Gasteiger partial charge in [0, 0.05) is 13.0 Å². The zero-order valence-corrected chi connectivity index (χ0v) is 14.9. The van der Waals surface area contributed by atoms with Crippen molar-refractivity contribution in [2.75, 3.05) is 0 Å². The predicted octanol–water partition coefficient (Wildman–Crippen LogP) is 0.863. The minimum atomic E-state index is -1.20. The van der Waals surface area contributed by atoms with Gasteiger partial charge in [-0.3, -0.25) is 19.5 Å². The van der Waals surface area contributed by atoms with Gasteiger partial charge >= 0.3 is 12.0 Å². The van der Waals surface area contributed by atoms with Gasteiger partial charge in [-0.1, -0.05) is 6.42 Å². The molecule has 0 spiro atoms. The maximum absolute atomic E-state index is 12.7. The summed E-state index contributed by atoms with van der Waals surface area (Å²) >= 11 is 0. The van der Waals surface area contributed by atoms with Gasteiger partial charge in [0.05, 0.1) is 16.5 Å². The molecule has 0 radical (unpaired) electrons. The zero-order chi connectivity index (χ0) is 19.6. The minimum Gasteiger partial charge on any atom is -0.449 e. The summed E-state index contributed by atoms with van der Waals surface area (Å²) in [7, 11) is 0. The molecule has 27 heavy (non-hydrogen) atoms. The number of primary amides is 1. The molecule has 9 nitrogen and oxygen atoms in total. The van der Waals surface area contributed by atoms with E-state index in [1.54, 1.807) is 4.57 Å². The Labute approximate surface area is 154 Å². The van der Waals surface area contributed by atoms with E-state index in [0.717, 1.165) is 19.3 Å². The van der Waals surface area contributed by atoms with Crippen LogP contribution in [0, 0.1) is 0 Å². The summed E-state index contributed by atoms with van der Waals surface area (Å²) in [5.74, 6) is -0.871. The standard InChI is InChI=1S/C18H20N4O5/c1-10(15(23)21-18(19)26)27-17(25)11-6-7-12-13(9-11)20-14-5-3-2-4-8-22(14)16(12)24/h6-7,9-10H,2-5,8H2,1H3,(H3,19,21,23,26). The SMILES string of the molecule is CC(OC(=O)c1ccc2c(=O)n3c(nc2c1)CCCCC3)C(=O)NC(N)=O. The maximum Gasteiger partial charge on any atom is 0.338 e. The average Bonchev–Trinajstić information content (AvgIpc) is 2.86. The number of carbonyl (C=O) groups excluding carboxylic acids is 3. The number of aryl methyl sites for hydroxylation is 1. The number of fused-ring (bicyclic) bond motifs is 2. The smallest absolute Gasteiger partial charge is 0.338 e. The number of aromatic nitrogens is 2. The minimum absolute atomic E-state index is 0.119. The number of benzene rings is 1. The summed E-state index contributed by atoms with van der Waals surface area (Å²) in [4.78, 5) is 51.8. The number of amides is 3. The van der Waals surface area contributed by atoms with Gasteiger partial charge in [0.25, 0.3) is 11.5 Å². The van der Waals surface area contributed by atoms with Crippen molar-refractivity contribution in [1.29, 1.82) is 0 Å². The Bertz CT molecular complexity index is 982. The monoisotopic (exact) mass is 372 g/mol. The number of urea groups is 1. The topological polar surface area (TPSA) is 133 Å². The van der Waals surface area contributed by atoms with Crippen LogP contribution in [0.3, 0.4) is 0 Å². The van der Waals surface area contributed by atoms with E-state index >= 15 is 0 Å². The molecule has 3 N–H and O–H groups in total. The Hall–Kier alpha value is -3.23. The molecule has 3 amide bonds. The molecule has 0 fully saturated rings. The fraction of sp³-hybridized carbons (Fsp3) is 0.389. The van der Waals surface area contributed by atoms with Gasteiger partial charge in [-0.05, 0) is 38.0 Å². The largest absolute Gasteiger partial charge is 0.449 e. The molecule has 2 heterocycles. The second kappa shape index (κ2) is 7.56. The Morgan fingerprint density at radius 1 is 1.26 bits per heavy atom. The highest BCUT2D eigenvalue weighted by atomic mass is 16.5. The Balaban J connectivity index is 1.88. The van der Waals surface area contributed by atoms with Crippen LogP contribution >= 0.6 is 0 Å². The summed E-state index contributed by atoms with van der Waals surface area (Å²) in [6.45, 7) is 1.97. The number of imide groups is 1. The summed E-state index contributed by atoms with van der Waals surface area (Å²) in [5.41, 5.74) is 5.32. The number of hydrogen-bond acceptors (Lipinski definition) is 6. The number of nitrogens with two attached hydrogens (primary N) is 1. The lowest BCUT2D eigenvalue weighted by Gasteiger charge is -2.13. The van der Waals surface area contributed by atoms with E-state index in [1.165, 1.54) is 25.1 Å². The Morgan fingerprint density at radius 2 is 2.04 bits per heavy atom. The lowest BCUT2D eigenvalue weighted by molar-refractivity contribution is -0.127. The third-order valence-electron chi connectivity index (χ3n) is 4.45. The number of rotatable bonds is 3. The van der Waals surface area contributed by atoms with E-state index in [0.29, 0.717) is 29.7 Å². The number of hydrogen-bond donors (Lipinski definition) is 2. The molecule has 3 rings (SSSR count). The van der Waals surface area contributed by atoms with Crippen molar-refractivity contribution < 1.29 is 19.1 Å². The molecule has 142 valence electrons. The highest BCUT2D eigenvalue weighted by Crippen LogP contribution is 2.17. The fourth-order valence-corrected chi connectivity index (χ4v) is 3.05. The Morgan fingerprint density at radius 3 is 2.78 bits per heavy atom. The van der Waals surface area contributed by atoms with Gasteiger partial charge in [0.1, 0.15) is 5.82 Å². The first-order chi connectivity index (χ1) is 12.9. The van der Waals surface area contributed by atoms with E-state index in [9.17, 15) is 19.2 Å². The molecule has 1 aliphatic rings. The van der Waals surface area contributed by atoms with E-state index in [2.05, 4.69) is 4.98 Å². The van der Waals surface area contributed by atoms with Crippen molar-refractivity contribution >= 4 is 28.8 Å². The van der Waals surface area contributed by atoms with Crippen molar-refractivity contribution in [2.24, 2.45) is 5.73 Å². The summed E-state index contributed by atoms with van der Waals surface area (Å²) in [5, 5.41) is 2.27. The molecule has 1 aromatic carbocycles. The number of esters is 1. The molecule has 0 saturated carbocycles. The summed E-state index contributed by atoms with van der Waals surface area (Å²) in [6.07, 6.45) is 2.46. The van der Waals surface area contributed by atoms with Crippen LogP contribution in [-0.2, 0) is 22.5 Å². The maximum atomic E-state index is 12.7. The molecule has 0 aliphatic carbocycles. The molecule has 2 aromatic rings. The average molecular weight is 372 g/mol.